The molecule has 1 atom stereocenters. The Bertz CT molecular complexity index is 911. The van der Waals surface area contributed by atoms with Crippen LogP contribution in [0, 0.1) is 5.82 Å². The molecule has 0 radical (unpaired) electrons. The Morgan fingerprint density at radius 2 is 1.81 bits per heavy atom. The van der Waals surface area contributed by atoms with Crippen molar-refractivity contribution in [2.45, 2.75) is 26.4 Å². The number of Topliss-reactive ketones (excluding diaryl/α,β-unsaturated/α-hetero) is 1. The van der Waals surface area contributed by atoms with Gasteiger partial charge in [-0.05, 0) is 56.3 Å². The van der Waals surface area contributed by atoms with Crippen molar-refractivity contribution in [3.63, 3.8) is 0 Å². The third kappa shape index (κ3) is 3.40. The zero-order valence-electron chi connectivity index (χ0n) is 15.2. The molecule has 0 bridgehead atoms. The number of nitrogens with zero attached hydrogens (tertiary/aromatic N) is 2. The van der Waals surface area contributed by atoms with Crippen LogP contribution in [0.4, 0.5) is 14.9 Å². The number of hydrogen-bond acceptors (Lipinski definition) is 4. The van der Waals surface area contributed by atoms with E-state index in [2.05, 4.69) is 0 Å². The van der Waals surface area contributed by atoms with Crippen molar-refractivity contribution in [2.24, 2.45) is 0 Å². The molecule has 2 aromatic carbocycles. The van der Waals surface area contributed by atoms with Crippen molar-refractivity contribution >= 4 is 23.4 Å². The molecular weight excluding hydrogens is 351 g/mol. The lowest BCUT2D eigenvalue weighted by atomic mass is 10.1. The normalized spacial score (nSPS) is 16.8. The summed E-state index contributed by atoms with van der Waals surface area (Å²) in [4.78, 5) is 39.6. The average Bonchev–Trinajstić information content (AvgIpc) is 2.86. The van der Waals surface area contributed by atoms with Gasteiger partial charge in [-0.25, -0.2) is 9.18 Å². The van der Waals surface area contributed by atoms with Crippen molar-refractivity contribution < 1.29 is 23.5 Å². The minimum absolute atomic E-state index is 0.0238. The summed E-state index contributed by atoms with van der Waals surface area (Å²) in [6.07, 6.45) is 0. The second-order valence-electron chi connectivity index (χ2n) is 6.31. The van der Waals surface area contributed by atoms with E-state index in [1.54, 1.807) is 25.1 Å². The topological polar surface area (TPSA) is 66.9 Å². The van der Waals surface area contributed by atoms with Gasteiger partial charge in [-0.2, -0.15) is 0 Å². The van der Waals surface area contributed by atoms with Crippen LogP contribution in [0.1, 0.15) is 29.8 Å². The minimum Gasteiger partial charge on any atom is -0.496 e. The summed E-state index contributed by atoms with van der Waals surface area (Å²) in [7, 11) is 1.48. The van der Waals surface area contributed by atoms with E-state index in [0.717, 1.165) is 4.90 Å². The summed E-state index contributed by atoms with van der Waals surface area (Å²) >= 11 is 0. The standard InChI is InChI=1S/C20H19FN2O4/c1-12-19(25)22(20(26)23(12)17-7-5-16(21)6-8-17)11-15-10-14(13(2)24)4-9-18(15)27-3/h4-10,12H,11H2,1-3H3/t12-/m1/s1. The number of halogens is 1. The number of hydrogen-bond donors (Lipinski definition) is 0. The molecule has 3 rings (SSSR count). The Kier molecular flexibility index (Phi) is 4.94. The van der Waals surface area contributed by atoms with Crippen LogP contribution in [0.2, 0.25) is 0 Å². The molecule has 1 fully saturated rings. The Labute approximate surface area is 156 Å². The largest absolute Gasteiger partial charge is 0.496 e. The number of ketones is 1. The maximum Gasteiger partial charge on any atom is 0.332 e. The van der Waals surface area contributed by atoms with Gasteiger partial charge in [0.15, 0.2) is 5.78 Å². The zero-order chi connectivity index (χ0) is 19.7. The molecular formula is C20H19FN2O4. The van der Waals surface area contributed by atoms with E-state index < -0.39 is 17.9 Å². The Morgan fingerprint density at radius 3 is 2.41 bits per heavy atom. The number of rotatable bonds is 5. The first-order valence-corrected chi connectivity index (χ1v) is 8.41. The van der Waals surface area contributed by atoms with Gasteiger partial charge in [-0.15, -0.1) is 0 Å². The molecule has 0 unspecified atom stereocenters. The summed E-state index contributed by atoms with van der Waals surface area (Å²) in [5, 5.41) is 0. The zero-order valence-corrected chi connectivity index (χ0v) is 15.2. The number of carbonyl (C=O) groups excluding carboxylic acids is 3. The monoisotopic (exact) mass is 370 g/mol. The van der Waals surface area contributed by atoms with Gasteiger partial charge in [0.25, 0.3) is 5.91 Å². The molecule has 3 amide bonds. The molecule has 0 aromatic heterocycles. The lowest BCUT2D eigenvalue weighted by Crippen LogP contribution is -2.33. The van der Waals surface area contributed by atoms with E-state index in [1.165, 1.54) is 43.2 Å². The van der Waals surface area contributed by atoms with Crippen molar-refractivity contribution in [3.8, 4) is 5.75 Å². The van der Waals surface area contributed by atoms with Crippen LogP contribution < -0.4 is 9.64 Å². The highest BCUT2D eigenvalue weighted by atomic mass is 19.1. The number of urea groups is 1. The van der Waals surface area contributed by atoms with Crippen molar-refractivity contribution in [1.29, 1.82) is 0 Å². The average molecular weight is 370 g/mol. The van der Waals surface area contributed by atoms with Crippen LogP contribution in [0.25, 0.3) is 0 Å². The minimum atomic E-state index is -0.718. The highest BCUT2D eigenvalue weighted by molar-refractivity contribution is 6.14. The number of ether oxygens (including phenoxy) is 1. The fraction of sp³-hybridized carbons (Fsp3) is 0.250. The number of imide groups is 1. The fourth-order valence-corrected chi connectivity index (χ4v) is 3.10. The van der Waals surface area contributed by atoms with E-state index >= 15 is 0 Å². The second kappa shape index (κ2) is 7.19. The highest BCUT2D eigenvalue weighted by Gasteiger charge is 2.43. The molecule has 7 heteroatoms. The summed E-state index contributed by atoms with van der Waals surface area (Å²) in [6, 6.07) is 9.05. The number of methoxy groups -OCH3 is 1. The van der Waals surface area contributed by atoms with Crippen LogP contribution in [-0.4, -0.2) is 35.8 Å². The van der Waals surface area contributed by atoms with Gasteiger partial charge in [0.1, 0.15) is 17.6 Å². The third-order valence-corrected chi connectivity index (χ3v) is 4.57. The van der Waals surface area contributed by atoms with E-state index in [1.807, 2.05) is 0 Å². The van der Waals surface area contributed by atoms with Crippen LogP contribution >= 0.6 is 0 Å². The SMILES string of the molecule is COc1ccc(C(C)=O)cc1CN1C(=O)[C@@H](C)N(c2ccc(F)cc2)C1=O. The molecule has 1 saturated heterocycles. The first-order chi connectivity index (χ1) is 12.8. The predicted octanol–water partition coefficient (Wildman–Crippen LogP) is 3.39. The number of amides is 3. The van der Waals surface area contributed by atoms with Crippen molar-refractivity contribution in [2.75, 3.05) is 12.0 Å². The maximum absolute atomic E-state index is 13.2. The van der Waals surface area contributed by atoms with Crippen LogP contribution in [0.15, 0.2) is 42.5 Å². The molecule has 1 aliphatic rings. The van der Waals surface area contributed by atoms with Crippen molar-refractivity contribution in [3.05, 3.63) is 59.4 Å². The lowest BCUT2D eigenvalue weighted by Gasteiger charge is -2.20. The molecule has 2 aromatic rings. The first kappa shape index (κ1) is 18.6. The summed E-state index contributed by atoms with van der Waals surface area (Å²) in [5.41, 5.74) is 1.46. The maximum atomic E-state index is 13.2. The molecule has 1 heterocycles. The van der Waals surface area contributed by atoms with E-state index in [4.69, 9.17) is 4.74 Å². The number of carbonyl (C=O) groups is 3. The summed E-state index contributed by atoms with van der Waals surface area (Å²) in [6.45, 7) is 3.03. The Hall–Kier alpha value is -3.22. The summed E-state index contributed by atoms with van der Waals surface area (Å²) < 4.78 is 18.5. The molecule has 6 nitrogen and oxygen atoms in total. The molecule has 140 valence electrons. The highest BCUT2D eigenvalue weighted by Crippen LogP contribution is 2.29. The molecule has 27 heavy (non-hydrogen) atoms. The van der Waals surface area contributed by atoms with Gasteiger partial charge in [0, 0.05) is 16.8 Å². The second-order valence-corrected chi connectivity index (χ2v) is 6.31. The first-order valence-electron chi connectivity index (χ1n) is 8.41. The van der Waals surface area contributed by atoms with E-state index in [9.17, 15) is 18.8 Å². The van der Waals surface area contributed by atoms with E-state index in [0.29, 0.717) is 22.6 Å². The summed E-state index contributed by atoms with van der Waals surface area (Å²) in [5.74, 6) is -0.445. The van der Waals surface area contributed by atoms with Gasteiger partial charge in [-0.3, -0.25) is 19.4 Å². The molecule has 0 saturated carbocycles. The Balaban J connectivity index is 1.93. The molecule has 0 spiro atoms. The van der Waals surface area contributed by atoms with Gasteiger partial charge >= 0.3 is 6.03 Å². The smallest absolute Gasteiger partial charge is 0.332 e. The predicted molar refractivity (Wildman–Crippen MR) is 97.3 cm³/mol. The van der Waals surface area contributed by atoms with Crippen LogP contribution in [0.3, 0.4) is 0 Å². The van der Waals surface area contributed by atoms with Gasteiger partial charge < -0.3 is 4.74 Å². The van der Waals surface area contributed by atoms with Gasteiger partial charge in [-0.1, -0.05) is 0 Å². The quantitative estimate of drug-likeness (QED) is 0.598. The molecule has 0 aliphatic carbocycles. The van der Waals surface area contributed by atoms with Crippen LogP contribution in [0.5, 0.6) is 5.75 Å². The van der Waals surface area contributed by atoms with Crippen LogP contribution in [-0.2, 0) is 11.3 Å². The fourth-order valence-electron chi connectivity index (χ4n) is 3.10. The van der Waals surface area contributed by atoms with E-state index in [-0.39, 0.29) is 18.2 Å². The van der Waals surface area contributed by atoms with Gasteiger partial charge in [0.2, 0.25) is 0 Å². The molecule has 1 aliphatic heterocycles. The third-order valence-electron chi connectivity index (χ3n) is 4.57. The Morgan fingerprint density at radius 1 is 1.15 bits per heavy atom. The number of anilines is 1. The molecule has 0 N–H and O–H groups in total. The van der Waals surface area contributed by atoms with Crippen molar-refractivity contribution in [1.82, 2.24) is 4.90 Å². The van der Waals surface area contributed by atoms with Gasteiger partial charge in [0.05, 0.1) is 13.7 Å². The number of benzene rings is 2. The lowest BCUT2D eigenvalue weighted by molar-refractivity contribution is -0.127.